The normalized spacial score (nSPS) is 18.9. The number of benzene rings is 2. The van der Waals surface area contributed by atoms with Gasteiger partial charge in [-0.3, -0.25) is 14.4 Å². The van der Waals surface area contributed by atoms with E-state index in [1.807, 2.05) is 0 Å². The van der Waals surface area contributed by atoms with Crippen molar-refractivity contribution in [1.82, 2.24) is 0 Å². The lowest BCUT2D eigenvalue weighted by Crippen LogP contribution is -2.41. The number of nitrogens with zero attached hydrogens (tertiary/aromatic N) is 3. The molecule has 0 radical (unpaired) electrons. The second-order valence-corrected chi connectivity index (χ2v) is 15.7. The predicted octanol–water partition coefficient (Wildman–Crippen LogP) is 5.66. The predicted molar refractivity (Wildman–Crippen MR) is 179 cm³/mol. The smallest absolute Gasteiger partial charge is 0.414 e. The molecule has 14 heteroatoms. The van der Waals surface area contributed by atoms with Crippen LogP contribution >= 0.6 is 0 Å². The van der Waals surface area contributed by atoms with Gasteiger partial charge in [0, 0.05) is 51.8 Å². The summed E-state index contributed by atoms with van der Waals surface area (Å²) in [4.78, 5) is 32.0. The highest BCUT2D eigenvalue weighted by Crippen LogP contribution is 2.54. The van der Waals surface area contributed by atoms with Gasteiger partial charge < -0.3 is 25.0 Å². The third kappa shape index (κ3) is 8.64. The fraction of sp³-hybridized carbons (Fsp3) is 0.576. The highest BCUT2D eigenvalue weighted by atomic mass is 32.2. The van der Waals surface area contributed by atoms with Crippen molar-refractivity contribution in [3.05, 3.63) is 42.0 Å². The number of halogens is 2. The molecule has 2 aliphatic heterocycles. The summed E-state index contributed by atoms with van der Waals surface area (Å²) in [6.45, 7) is 6.31. The van der Waals surface area contributed by atoms with Gasteiger partial charge in [-0.15, -0.1) is 0 Å². The average molecular weight is 678 g/mol. The molecule has 3 aliphatic rings. The van der Waals surface area contributed by atoms with Crippen LogP contribution in [0, 0.1) is 5.41 Å². The number of hydrogen-bond donors (Lipinski definition) is 3. The Kier molecular flexibility index (Phi) is 9.66. The molecule has 47 heavy (non-hydrogen) atoms. The number of aliphatic hydroxyl groups is 1. The van der Waals surface area contributed by atoms with E-state index in [1.54, 1.807) is 63.1 Å². The first-order valence-corrected chi connectivity index (χ1v) is 17.7. The van der Waals surface area contributed by atoms with E-state index in [4.69, 9.17) is 9.84 Å². The fourth-order valence-electron chi connectivity index (χ4n) is 6.14. The van der Waals surface area contributed by atoms with Gasteiger partial charge in [-0.1, -0.05) is 0 Å². The van der Waals surface area contributed by atoms with Gasteiger partial charge in [0.25, 0.3) is 11.8 Å². The molecule has 258 valence electrons. The summed E-state index contributed by atoms with van der Waals surface area (Å²) >= 11 is 0. The molecule has 2 aromatic rings. The standard InChI is InChI=1S/C33H45F2N5O6S/c1-31(2,3)46-30(43)38(4)26-8-6-23(21-28(26)40-17-13-33(34,35)14-18-40)36-29(42)25-7-5-24(37-47(44,45)20-19-41)22-27(25)39-15-11-32(9-10-32)12-16-39/h5-8,21-22,37,41H,9-20H2,1-4H3,(H,36,42). The molecule has 2 amide bonds. The zero-order valence-corrected chi connectivity index (χ0v) is 28.3. The van der Waals surface area contributed by atoms with E-state index in [2.05, 4.69) is 14.9 Å². The van der Waals surface area contributed by atoms with E-state index in [1.165, 1.54) is 23.8 Å². The summed E-state index contributed by atoms with van der Waals surface area (Å²) in [5, 5.41) is 12.1. The van der Waals surface area contributed by atoms with E-state index in [9.17, 15) is 26.8 Å². The summed E-state index contributed by atoms with van der Waals surface area (Å²) in [7, 11) is -2.23. The van der Waals surface area contributed by atoms with Crippen molar-refractivity contribution in [3.8, 4) is 0 Å². The van der Waals surface area contributed by atoms with Crippen LogP contribution in [-0.2, 0) is 14.8 Å². The number of anilines is 5. The maximum atomic E-state index is 14.1. The highest BCUT2D eigenvalue weighted by Gasteiger charge is 2.44. The number of rotatable bonds is 9. The molecule has 2 heterocycles. The maximum absolute atomic E-state index is 14.1. The van der Waals surface area contributed by atoms with Crippen molar-refractivity contribution in [2.75, 3.05) is 70.3 Å². The van der Waals surface area contributed by atoms with Crippen LogP contribution in [0.15, 0.2) is 36.4 Å². The van der Waals surface area contributed by atoms with Crippen molar-refractivity contribution in [3.63, 3.8) is 0 Å². The number of nitrogens with one attached hydrogen (secondary N) is 2. The molecule has 3 N–H and O–H groups in total. The Labute approximate surface area is 275 Å². The van der Waals surface area contributed by atoms with Crippen LogP contribution in [0.1, 0.15) is 69.7 Å². The quantitative estimate of drug-likeness (QED) is 0.310. The van der Waals surface area contributed by atoms with Crippen LogP contribution < -0.4 is 24.7 Å². The third-order valence-electron chi connectivity index (χ3n) is 9.10. The minimum Gasteiger partial charge on any atom is -0.443 e. The van der Waals surface area contributed by atoms with Gasteiger partial charge in [-0.05, 0) is 88.3 Å². The Balaban J connectivity index is 1.44. The Morgan fingerprint density at radius 2 is 1.49 bits per heavy atom. The zero-order chi connectivity index (χ0) is 34.2. The van der Waals surface area contributed by atoms with Crippen molar-refractivity contribution in [2.24, 2.45) is 5.41 Å². The van der Waals surface area contributed by atoms with Crippen LogP contribution in [0.3, 0.4) is 0 Å². The molecule has 0 atom stereocenters. The maximum Gasteiger partial charge on any atom is 0.414 e. The average Bonchev–Trinajstić information content (AvgIpc) is 3.74. The largest absolute Gasteiger partial charge is 0.443 e. The third-order valence-corrected chi connectivity index (χ3v) is 10.4. The van der Waals surface area contributed by atoms with Crippen molar-refractivity contribution in [2.45, 2.75) is 70.8 Å². The number of carbonyl (C=O) groups is 2. The van der Waals surface area contributed by atoms with Gasteiger partial charge in [0.1, 0.15) is 5.60 Å². The topological polar surface area (TPSA) is 132 Å². The summed E-state index contributed by atoms with van der Waals surface area (Å²) in [5.74, 6) is -3.66. The Morgan fingerprint density at radius 3 is 2.09 bits per heavy atom. The first kappa shape index (κ1) is 34.7. The lowest BCUT2D eigenvalue weighted by Gasteiger charge is -2.36. The van der Waals surface area contributed by atoms with Gasteiger partial charge in [-0.25, -0.2) is 22.0 Å². The number of ether oxygens (including phenoxy) is 1. The Hall–Kier alpha value is -3.65. The fourth-order valence-corrected chi connectivity index (χ4v) is 6.97. The number of amides is 2. The summed E-state index contributed by atoms with van der Waals surface area (Å²) in [6, 6.07) is 9.70. The van der Waals surface area contributed by atoms with E-state index in [0.717, 1.165) is 25.9 Å². The van der Waals surface area contributed by atoms with E-state index in [-0.39, 0.29) is 31.6 Å². The molecule has 11 nitrogen and oxygen atoms in total. The minimum atomic E-state index is -3.78. The Morgan fingerprint density at radius 1 is 0.915 bits per heavy atom. The highest BCUT2D eigenvalue weighted by molar-refractivity contribution is 7.92. The second-order valence-electron chi connectivity index (χ2n) is 13.9. The van der Waals surface area contributed by atoms with Crippen LogP contribution in [0.25, 0.3) is 0 Å². The van der Waals surface area contributed by atoms with Gasteiger partial charge in [0.05, 0.1) is 40.7 Å². The molecular formula is C33H45F2N5O6S. The summed E-state index contributed by atoms with van der Waals surface area (Å²) < 4.78 is 61.0. The number of alkyl halides is 2. The van der Waals surface area contributed by atoms with Gasteiger partial charge >= 0.3 is 6.09 Å². The first-order valence-electron chi connectivity index (χ1n) is 16.0. The van der Waals surface area contributed by atoms with Crippen molar-refractivity contribution >= 4 is 50.5 Å². The SMILES string of the molecule is CN(C(=O)OC(C)(C)C)c1ccc(NC(=O)c2ccc(NS(=O)(=O)CCO)cc2N2CCC3(CC2)CC3)cc1N1CCC(F)(F)CC1. The zero-order valence-electron chi connectivity index (χ0n) is 27.4. The van der Waals surface area contributed by atoms with Crippen molar-refractivity contribution in [1.29, 1.82) is 0 Å². The minimum absolute atomic E-state index is 0.0633. The van der Waals surface area contributed by atoms with Gasteiger partial charge in [-0.2, -0.15) is 0 Å². The molecule has 1 spiro atoms. The lowest BCUT2D eigenvalue weighted by atomic mass is 9.93. The molecule has 2 aromatic carbocycles. The molecule has 0 unspecified atom stereocenters. The van der Waals surface area contributed by atoms with Gasteiger partial charge in [0.15, 0.2) is 0 Å². The van der Waals surface area contributed by atoms with Crippen LogP contribution in [-0.4, -0.2) is 82.6 Å². The number of carbonyl (C=O) groups excluding carboxylic acids is 2. The molecular weight excluding hydrogens is 632 g/mol. The number of piperidine rings is 2. The lowest BCUT2D eigenvalue weighted by molar-refractivity contribution is -0.0220. The number of hydrogen-bond acceptors (Lipinski definition) is 8. The first-order chi connectivity index (χ1) is 22.0. The molecule has 1 aliphatic carbocycles. The molecule has 5 rings (SSSR count). The summed E-state index contributed by atoms with van der Waals surface area (Å²) in [5.41, 5.74) is 2.21. The second kappa shape index (κ2) is 13.1. The van der Waals surface area contributed by atoms with Crippen molar-refractivity contribution < 1.29 is 36.6 Å². The molecule has 3 fully saturated rings. The monoisotopic (exact) mass is 677 g/mol. The molecule has 0 aromatic heterocycles. The van der Waals surface area contributed by atoms with Crippen LogP contribution in [0.4, 0.5) is 42.0 Å². The van der Waals surface area contributed by atoms with E-state index < -0.39 is 45.9 Å². The van der Waals surface area contributed by atoms with Crippen LogP contribution in [0.2, 0.25) is 0 Å². The number of sulfonamides is 1. The van der Waals surface area contributed by atoms with E-state index in [0.29, 0.717) is 33.7 Å². The molecule has 1 saturated carbocycles. The van der Waals surface area contributed by atoms with E-state index >= 15 is 0 Å². The molecule has 0 bridgehead atoms. The summed E-state index contributed by atoms with van der Waals surface area (Å²) in [6.07, 6.45) is 3.09. The Bertz CT molecular complexity index is 1590. The molecule has 2 saturated heterocycles. The van der Waals surface area contributed by atoms with Crippen LogP contribution in [0.5, 0.6) is 0 Å². The number of aliphatic hydroxyl groups excluding tert-OH is 1. The van der Waals surface area contributed by atoms with Gasteiger partial charge in [0.2, 0.25) is 10.0 Å².